The molecule has 0 saturated heterocycles. The molecule has 0 spiro atoms. The van der Waals surface area contributed by atoms with Crippen LogP contribution in [0.25, 0.3) is 0 Å². The second-order valence-corrected chi connectivity index (χ2v) is 3.58. The summed E-state index contributed by atoms with van der Waals surface area (Å²) in [6.07, 6.45) is -0.943. The van der Waals surface area contributed by atoms with Crippen LogP contribution >= 0.6 is 0 Å². The van der Waals surface area contributed by atoms with Crippen molar-refractivity contribution in [2.24, 2.45) is 0 Å². The van der Waals surface area contributed by atoms with Gasteiger partial charge in [-0.2, -0.15) is 0 Å². The Kier molecular flexibility index (Phi) is 3.69. The SMILES string of the molecule is CCOC(=O)c1n[nH]c([C@@H](O)c2ccccc2)n1. The fraction of sp³-hybridized carbons (Fsp3) is 0.250. The molecule has 6 nitrogen and oxygen atoms in total. The van der Waals surface area contributed by atoms with Crippen LogP contribution in [0.3, 0.4) is 0 Å². The average Bonchev–Trinajstić information content (AvgIpc) is 2.89. The lowest BCUT2D eigenvalue weighted by molar-refractivity contribution is 0.0512. The zero-order chi connectivity index (χ0) is 13.0. The highest BCUT2D eigenvalue weighted by atomic mass is 16.5. The van der Waals surface area contributed by atoms with Crippen molar-refractivity contribution in [3.63, 3.8) is 0 Å². The summed E-state index contributed by atoms with van der Waals surface area (Å²) in [5.41, 5.74) is 0.670. The lowest BCUT2D eigenvalue weighted by Crippen LogP contribution is -2.07. The van der Waals surface area contributed by atoms with Gasteiger partial charge in [0.2, 0.25) is 0 Å². The molecule has 2 N–H and O–H groups in total. The lowest BCUT2D eigenvalue weighted by atomic mass is 10.1. The topological polar surface area (TPSA) is 88.1 Å². The monoisotopic (exact) mass is 247 g/mol. The Morgan fingerprint density at radius 3 is 2.83 bits per heavy atom. The Morgan fingerprint density at radius 2 is 2.17 bits per heavy atom. The van der Waals surface area contributed by atoms with Gasteiger partial charge in [0.1, 0.15) is 6.10 Å². The minimum Gasteiger partial charge on any atom is -0.460 e. The molecule has 1 aromatic heterocycles. The standard InChI is InChI=1S/C12H13N3O3/c1-2-18-12(17)11-13-10(14-15-11)9(16)8-6-4-3-5-7-8/h3-7,9,16H,2H2,1H3,(H,13,14,15)/t9-/m0/s1. The summed E-state index contributed by atoms with van der Waals surface area (Å²) in [5, 5.41) is 16.3. The van der Waals surface area contributed by atoms with Crippen LogP contribution in [0.4, 0.5) is 0 Å². The molecular formula is C12H13N3O3. The Labute approximate surface area is 104 Å². The summed E-state index contributed by atoms with van der Waals surface area (Å²) in [6, 6.07) is 8.98. The highest BCUT2D eigenvalue weighted by Crippen LogP contribution is 2.17. The van der Waals surface area contributed by atoms with Crippen molar-refractivity contribution in [1.29, 1.82) is 0 Å². The van der Waals surface area contributed by atoms with E-state index in [1.165, 1.54) is 0 Å². The van der Waals surface area contributed by atoms with Crippen molar-refractivity contribution in [1.82, 2.24) is 15.2 Å². The van der Waals surface area contributed by atoms with Crippen LogP contribution in [-0.2, 0) is 4.74 Å². The fourth-order valence-corrected chi connectivity index (χ4v) is 1.48. The normalized spacial score (nSPS) is 12.1. The highest BCUT2D eigenvalue weighted by molar-refractivity contribution is 5.84. The van der Waals surface area contributed by atoms with E-state index in [0.717, 1.165) is 0 Å². The Bertz CT molecular complexity index is 524. The molecule has 1 heterocycles. The maximum atomic E-state index is 11.4. The number of hydrogen-bond acceptors (Lipinski definition) is 5. The molecule has 0 aliphatic rings. The van der Waals surface area contributed by atoms with E-state index in [1.807, 2.05) is 6.07 Å². The number of aliphatic hydroxyl groups is 1. The van der Waals surface area contributed by atoms with E-state index in [0.29, 0.717) is 5.56 Å². The van der Waals surface area contributed by atoms with Gasteiger partial charge in [0.15, 0.2) is 5.82 Å². The first-order valence-corrected chi connectivity index (χ1v) is 5.54. The van der Waals surface area contributed by atoms with Crippen LogP contribution in [0.15, 0.2) is 30.3 Å². The number of aromatic nitrogens is 3. The van der Waals surface area contributed by atoms with Gasteiger partial charge in [-0.25, -0.2) is 9.78 Å². The maximum absolute atomic E-state index is 11.4. The summed E-state index contributed by atoms with van der Waals surface area (Å²) < 4.78 is 4.76. The first-order valence-electron chi connectivity index (χ1n) is 5.54. The fourth-order valence-electron chi connectivity index (χ4n) is 1.48. The van der Waals surface area contributed by atoms with E-state index in [9.17, 15) is 9.90 Å². The van der Waals surface area contributed by atoms with Crippen molar-refractivity contribution in [3.05, 3.63) is 47.5 Å². The second-order valence-electron chi connectivity index (χ2n) is 3.58. The number of hydrogen-bond donors (Lipinski definition) is 2. The summed E-state index contributed by atoms with van der Waals surface area (Å²) in [6.45, 7) is 1.95. The van der Waals surface area contributed by atoms with E-state index >= 15 is 0 Å². The molecule has 0 aliphatic carbocycles. The van der Waals surface area contributed by atoms with E-state index in [-0.39, 0.29) is 18.3 Å². The van der Waals surface area contributed by atoms with E-state index in [4.69, 9.17) is 4.74 Å². The molecule has 18 heavy (non-hydrogen) atoms. The van der Waals surface area contributed by atoms with Gasteiger partial charge in [0.05, 0.1) is 6.61 Å². The smallest absolute Gasteiger partial charge is 0.378 e. The first kappa shape index (κ1) is 12.3. The molecule has 0 radical (unpaired) electrons. The third-order valence-corrected chi connectivity index (χ3v) is 2.34. The van der Waals surface area contributed by atoms with Gasteiger partial charge >= 0.3 is 5.97 Å². The van der Waals surface area contributed by atoms with Crippen molar-refractivity contribution in [2.45, 2.75) is 13.0 Å². The predicted octanol–water partition coefficient (Wildman–Crippen LogP) is 1.06. The van der Waals surface area contributed by atoms with Gasteiger partial charge in [-0.3, -0.25) is 5.10 Å². The molecule has 0 saturated carbocycles. The van der Waals surface area contributed by atoms with E-state index in [1.54, 1.807) is 31.2 Å². The number of ether oxygens (including phenoxy) is 1. The number of benzene rings is 1. The molecule has 1 aromatic carbocycles. The molecule has 2 rings (SSSR count). The number of aliphatic hydroxyl groups excluding tert-OH is 1. The van der Waals surface area contributed by atoms with Crippen LogP contribution in [0, 0.1) is 0 Å². The third-order valence-electron chi connectivity index (χ3n) is 2.34. The third kappa shape index (κ3) is 2.54. The van der Waals surface area contributed by atoms with Gasteiger partial charge in [0.25, 0.3) is 5.82 Å². The van der Waals surface area contributed by atoms with E-state index in [2.05, 4.69) is 15.2 Å². The molecule has 0 amide bonds. The zero-order valence-corrected chi connectivity index (χ0v) is 9.83. The predicted molar refractivity (Wildman–Crippen MR) is 62.8 cm³/mol. The molecule has 94 valence electrons. The minimum absolute atomic E-state index is 0.0816. The number of carbonyl (C=O) groups is 1. The van der Waals surface area contributed by atoms with Crippen LogP contribution in [0.2, 0.25) is 0 Å². The number of H-pyrrole nitrogens is 1. The van der Waals surface area contributed by atoms with Crippen molar-refractivity contribution < 1.29 is 14.6 Å². The number of rotatable bonds is 4. The highest BCUT2D eigenvalue weighted by Gasteiger charge is 2.18. The van der Waals surface area contributed by atoms with Crippen molar-refractivity contribution in [3.8, 4) is 0 Å². The molecule has 0 fully saturated rings. The van der Waals surface area contributed by atoms with E-state index < -0.39 is 12.1 Å². The zero-order valence-electron chi connectivity index (χ0n) is 9.83. The molecule has 0 bridgehead atoms. The van der Waals surface area contributed by atoms with Gasteiger partial charge < -0.3 is 9.84 Å². The average molecular weight is 247 g/mol. The summed E-state index contributed by atoms with van der Waals surface area (Å²) in [7, 11) is 0. The summed E-state index contributed by atoms with van der Waals surface area (Å²) in [5.74, 6) is -0.480. The number of aromatic amines is 1. The van der Waals surface area contributed by atoms with Crippen LogP contribution in [0.1, 0.15) is 35.0 Å². The molecule has 6 heteroatoms. The van der Waals surface area contributed by atoms with Gasteiger partial charge in [-0.1, -0.05) is 30.3 Å². The lowest BCUT2D eigenvalue weighted by Gasteiger charge is -2.06. The number of nitrogens with one attached hydrogen (secondary N) is 1. The largest absolute Gasteiger partial charge is 0.460 e. The van der Waals surface area contributed by atoms with Crippen molar-refractivity contribution in [2.75, 3.05) is 6.61 Å². The van der Waals surface area contributed by atoms with Crippen LogP contribution < -0.4 is 0 Å². The summed E-state index contributed by atoms with van der Waals surface area (Å²) in [4.78, 5) is 15.3. The summed E-state index contributed by atoms with van der Waals surface area (Å²) >= 11 is 0. The first-order chi connectivity index (χ1) is 8.72. The minimum atomic E-state index is -0.943. The van der Waals surface area contributed by atoms with Crippen molar-refractivity contribution >= 4 is 5.97 Å². The second kappa shape index (κ2) is 5.42. The molecule has 0 aliphatic heterocycles. The van der Waals surface area contributed by atoms with Crippen LogP contribution in [0.5, 0.6) is 0 Å². The Hall–Kier alpha value is -2.21. The maximum Gasteiger partial charge on any atom is 0.378 e. The quantitative estimate of drug-likeness (QED) is 0.789. The van der Waals surface area contributed by atoms with Crippen LogP contribution in [-0.4, -0.2) is 32.9 Å². The molecule has 2 aromatic rings. The number of esters is 1. The van der Waals surface area contributed by atoms with Gasteiger partial charge in [-0.05, 0) is 12.5 Å². The Balaban J connectivity index is 2.17. The number of nitrogens with zero attached hydrogens (tertiary/aromatic N) is 2. The number of carbonyl (C=O) groups excluding carboxylic acids is 1. The molecule has 0 unspecified atom stereocenters. The van der Waals surface area contributed by atoms with Gasteiger partial charge in [0, 0.05) is 0 Å². The molecule has 1 atom stereocenters. The van der Waals surface area contributed by atoms with Gasteiger partial charge in [-0.15, -0.1) is 5.10 Å². The molecular weight excluding hydrogens is 234 g/mol. The Morgan fingerprint density at radius 1 is 1.44 bits per heavy atom.